The van der Waals surface area contributed by atoms with Gasteiger partial charge in [0, 0.05) is 35.8 Å². The number of pyridine rings is 1. The van der Waals surface area contributed by atoms with Crippen molar-refractivity contribution in [3.8, 4) is 22.9 Å². The van der Waals surface area contributed by atoms with Crippen molar-refractivity contribution in [1.29, 1.82) is 0 Å². The summed E-state index contributed by atoms with van der Waals surface area (Å²) < 4.78 is 24.4. The van der Waals surface area contributed by atoms with Gasteiger partial charge in [-0.15, -0.1) is 0 Å². The van der Waals surface area contributed by atoms with Crippen LogP contribution in [0.4, 0.5) is 0 Å². The van der Waals surface area contributed by atoms with E-state index in [2.05, 4.69) is 0 Å². The zero-order chi connectivity index (χ0) is 25.7. The van der Waals surface area contributed by atoms with Gasteiger partial charge >= 0.3 is 5.97 Å². The summed E-state index contributed by atoms with van der Waals surface area (Å²) in [5.74, 6) is 1.09. The highest BCUT2D eigenvalue weighted by Crippen LogP contribution is 2.30. The second-order valence-electron chi connectivity index (χ2n) is 8.45. The zero-order valence-electron chi connectivity index (χ0n) is 20.8. The number of fused-ring (bicyclic) bond motifs is 1. The molecule has 0 amide bonds. The minimum atomic E-state index is -0.709. The Bertz CT molecular complexity index is 1430. The molecule has 0 N–H and O–H groups in total. The van der Waals surface area contributed by atoms with E-state index in [-0.39, 0.29) is 11.7 Å². The second-order valence-corrected chi connectivity index (χ2v) is 8.45. The lowest BCUT2D eigenvalue weighted by Gasteiger charge is -2.18. The van der Waals surface area contributed by atoms with Gasteiger partial charge in [0.1, 0.15) is 29.4 Å². The molecule has 1 heterocycles. The van der Waals surface area contributed by atoms with Gasteiger partial charge < -0.3 is 23.5 Å². The molecule has 36 heavy (non-hydrogen) atoms. The number of aromatic nitrogens is 1. The van der Waals surface area contributed by atoms with Crippen LogP contribution in [0, 0.1) is 0 Å². The number of rotatable bonds is 9. The van der Waals surface area contributed by atoms with Gasteiger partial charge in [-0.05, 0) is 38.5 Å². The Kier molecular flexibility index (Phi) is 7.59. The van der Waals surface area contributed by atoms with Gasteiger partial charge in [0.2, 0.25) is 5.43 Å². The molecule has 0 saturated heterocycles. The lowest BCUT2D eigenvalue weighted by Crippen LogP contribution is -2.19. The standard InChI is InChI=1S/C29H29NO6/c1-5-34-23-13-21(14-24(15-23)36-19(2)3)30-17-26(29(32)33-4)28(31)25-12-11-22(16-27(25)30)35-18-20-9-7-6-8-10-20/h6-17,19H,5,18H2,1-4H3. The van der Waals surface area contributed by atoms with Crippen molar-refractivity contribution in [2.24, 2.45) is 0 Å². The van der Waals surface area contributed by atoms with Crippen LogP contribution in [0.5, 0.6) is 17.2 Å². The molecule has 1 aromatic heterocycles. The number of nitrogens with zero attached hydrogens (tertiary/aromatic N) is 1. The number of carbonyl (C=O) groups excluding carboxylic acids is 1. The smallest absolute Gasteiger partial charge is 0.343 e. The summed E-state index contributed by atoms with van der Waals surface area (Å²) in [6.45, 7) is 6.63. The molecule has 0 aliphatic heterocycles. The van der Waals surface area contributed by atoms with Crippen molar-refractivity contribution in [3.63, 3.8) is 0 Å². The molecule has 4 aromatic rings. The minimum absolute atomic E-state index is 0.0518. The molecule has 0 radical (unpaired) electrons. The van der Waals surface area contributed by atoms with Crippen LogP contribution in [-0.2, 0) is 11.3 Å². The van der Waals surface area contributed by atoms with E-state index in [0.717, 1.165) is 5.56 Å². The Balaban J connectivity index is 1.89. The van der Waals surface area contributed by atoms with Crippen LogP contribution < -0.4 is 19.6 Å². The van der Waals surface area contributed by atoms with Crippen LogP contribution in [0.2, 0.25) is 0 Å². The normalized spacial score (nSPS) is 10.9. The van der Waals surface area contributed by atoms with Crippen LogP contribution in [0.25, 0.3) is 16.6 Å². The Morgan fingerprint density at radius 3 is 2.36 bits per heavy atom. The van der Waals surface area contributed by atoms with E-state index >= 15 is 0 Å². The molecular weight excluding hydrogens is 458 g/mol. The number of hydrogen-bond donors (Lipinski definition) is 0. The van der Waals surface area contributed by atoms with E-state index < -0.39 is 11.4 Å². The number of esters is 1. The number of carbonyl (C=O) groups is 1. The second kappa shape index (κ2) is 11.0. The number of methoxy groups -OCH3 is 1. The van der Waals surface area contributed by atoms with Crippen molar-refractivity contribution in [3.05, 3.63) is 94.3 Å². The van der Waals surface area contributed by atoms with Crippen molar-refractivity contribution >= 4 is 16.9 Å². The molecule has 0 aliphatic rings. The largest absolute Gasteiger partial charge is 0.494 e. The molecule has 0 unspecified atom stereocenters. The first kappa shape index (κ1) is 24.9. The summed E-state index contributed by atoms with van der Waals surface area (Å²) >= 11 is 0. The minimum Gasteiger partial charge on any atom is -0.494 e. The molecule has 7 heteroatoms. The molecule has 0 fully saturated rings. The van der Waals surface area contributed by atoms with Crippen molar-refractivity contribution in [2.45, 2.75) is 33.5 Å². The van der Waals surface area contributed by atoms with E-state index in [1.165, 1.54) is 13.3 Å². The maximum atomic E-state index is 13.2. The summed E-state index contributed by atoms with van der Waals surface area (Å²) in [4.78, 5) is 25.6. The molecule has 3 aromatic carbocycles. The highest BCUT2D eigenvalue weighted by atomic mass is 16.5. The zero-order valence-corrected chi connectivity index (χ0v) is 20.8. The maximum absolute atomic E-state index is 13.2. The van der Waals surface area contributed by atoms with Crippen molar-refractivity contribution in [1.82, 2.24) is 4.57 Å². The third-order valence-corrected chi connectivity index (χ3v) is 5.46. The predicted octanol–water partition coefficient (Wildman–Crippen LogP) is 5.54. The molecule has 0 bridgehead atoms. The fourth-order valence-corrected chi connectivity index (χ4v) is 3.89. The topological polar surface area (TPSA) is 76.0 Å². The van der Waals surface area contributed by atoms with E-state index in [4.69, 9.17) is 18.9 Å². The molecule has 0 aliphatic carbocycles. The molecule has 4 rings (SSSR count). The van der Waals surface area contributed by atoms with Gasteiger partial charge in [0.15, 0.2) is 0 Å². The third kappa shape index (κ3) is 5.51. The summed E-state index contributed by atoms with van der Waals surface area (Å²) in [5, 5.41) is 0.359. The van der Waals surface area contributed by atoms with Crippen LogP contribution in [-0.4, -0.2) is 30.4 Å². The fraction of sp³-hybridized carbons (Fsp3) is 0.241. The van der Waals surface area contributed by atoms with E-state index in [9.17, 15) is 9.59 Å². The Labute approximate surface area is 209 Å². The average Bonchev–Trinajstić information content (AvgIpc) is 2.87. The van der Waals surface area contributed by atoms with Gasteiger partial charge in [0.05, 0.1) is 31.0 Å². The lowest BCUT2D eigenvalue weighted by molar-refractivity contribution is 0.0599. The van der Waals surface area contributed by atoms with E-state index in [0.29, 0.717) is 47.1 Å². The quantitative estimate of drug-likeness (QED) is 0.289. The summed E-state index contributed by atoms with van der Waals surface area (Å²) in [5.41, 5.74) is 1.77. The lowest BCUT2D eigenvalue weighted by atomic mass is 10.1. The maximum Gasteiger partial charge on any atom is 0.343 e. The van der Waals surface area contributed by atoms with Gasteiger partial charge in [0.25, 0.3) is 0 Å². The molecule has 0 atom stereocenters. The third-order valence-electron chi connectivity index (χ3n) is 5.46. The van der Waals surface area contributed by atoms with E-state index in [1.807, 2.05) is 69.3 Å². The van der Waals surface area contributed by atoms with Gasteiger partial charge in [-0.2, -0.15) is 0 Å². The van der Waals surface area contributed by atoms with Crippen LogP contribution in [0.1, 0.15) is 36.7 Å². The molecule has 0 spiro atoms. The molecule has 186 valence electrons. The molecular formula is C29H29NO6. The van der Waals surface area contributed by atoms with Gasteiger partial charge in [-0.3, -0.25) is 4.79 Å². The van der Waals surface area contributed by atoms with Crippen molar-refractivity contribution in [2.75, 3.05) is 13.7 Å². The van der Waals surface area contributed by atoms with Crippen LogP contribution >= 0.6 is 0 Å². The Hall–Kier alpha value is -4.26. The fourth-order valence-electron chi connectivity index (χ4n) is 3.89. The summed E-state index contributed by atoms with van der Waals surface area (Å²) in [7, 11) is 1.25. The first-order valence-electron chi connectivity index (χ1n) is 11.8. The average molecular weight is 488 g/mol. The SMILES string of the molecule is CCOc1cc(OC(C)C)cc(-n2cc(C(=O)OC)c(=O)c3ccc(OCc4ccccc4)cc32)c1. The Morgan fingerprint density at radius 1 is 0.917 bits per heavy atom. The van der Waals surface area contributed by atoms with Gasteiger partial charge in [-0.25, -0.2) is 4.79 Å². The number of hydrogen-bond acceptors (Lipinski definition) is 6. The number of ether oxygens (including phenoxy) is 4. The first-order valence-corrected chi connectivity index (χ1v) is 11.8. The monoisotopic (exact) mass is 487 g/mol. The number of benzene rings is 3. The highest BCUT2D eigenvalue weighted by Gasteiger charge is 2.18. The predicted molar refractivity (Wildman–Crippen MR) is 139 cm³/mol. The highest BCUT2D eigenvalue weighted by molar-refractivity contribution is 5.94. The first-order chi connectivity index (χ1) is 17.4. The van der Waals surface area contributed by atoms with Crippen LogP contribution in [0.15, 0.2) is 77.7 Å². The Morgan fingerprint density at radius 2 is 1.67 bits per heavy atom. The summed E-state index contributed by atoms with van der Waals surface area (Å²) in [6.07, 6.45) is 1.44. The molecule has 7 nitrogen and oxygen atoms in total. The molecule has 0 saturated carbocycles. The van der Waals surface area contributed by atoms with Gasteiger partial charge in [-0.1, -0.05) is 30.3 Å². The van der Waals surface area contributed by atoms with E-state index in [1.54, 1.807) is 22.8 Å². The van der Waals surface area contributed by atoms with Crippen LogP contribution in [0.3, 0.4) is 0 Å². The van der Waals surface area contributed by atoms with Crippen molar-refractivity contribution < 1.29 is 23.7 Å². The summed E-state index contributed by atoms with van der Waals surface area (Å²) in [6, 6.07) is 20.5.